The maximum Gasteiger partial charge on any atom is 0.292 e. The van der Waals surface area contributed by atoms with E-state index in [2.05, 4.69) is 19.2 Å². The number of rotatable bonds is 7. The summed E-state index contributed by atoms with van der Waals surface area (Å²) in [5.41, 5.74) is 2.25. The summed E-state index contributed by atoms with van der Waals surface area (Å²) in [6.07, 6.45) is 0.233. The largest absolute Gasteiger partial charge is 0.379 e. The van der Waals surface area contributed by atoms with E-state index in [0.717, 1.165) is 0 Å². The first-order valence-corrected chi connectivity index (χ1v) is 10.5. The molecule has 1 aliphatic rings. The van der Waals surface area contributed by atoms with Crippen LogP contribution in [0.1, 0.15) is 42.1 Å². The monoisotopic (exact) mass is 424 g/mol. The van der Waals surface area contributed by atoms with Crippen molar-refractivity contribution in [3.63, 3.8) is 0 Å². The maximum absolute atomic E-state index is 12.7. The molecule has 0 atom stereocenters. The summed E-state index contributed by atoms with van der Waals surface area (Å²) < 4.78 is 0. The van der Waals surface area contributed by atoms with Crippen molar-refractivity contribution in [2.75, 3.05) is 38.0 Å². The highest BCUT2D eigenvalue weighted by Crippen LogP contribution is 2.23. The fourth-order valence-corrected chi connectivity index (χ4v) is 3.60. The summed E-state index contributed by atoms with van der Waals surface area (Å²) in [6.45, 7) is 6.50. The molecule has 0 aromatic heterocycles. The van der Waals surface area contributed by atoms with Gasteiger partial charge in [0.2, 0.25) is 5.91 Å². The third kappa shape index (κ3) is 5.59. The number of piperazine rings is 1. The Morgan fingerprint density at radius 2 is 1.61 bits per heavy atom. The molecule has 1 N–H and O–H groups in total. The molecule has 0 aliphatic carbocycles. The number of para-hydroxylation sites is 2. The minimum atomic E-state index is -0.448. The number of nitrogens with zero attached hydrogens (tertiary/aromatic N) is 3. The Balaban J connectivity index is 1.46. The molecule has 31 heavy (non-hydrogen) atoms. The lowest BCUT2D eigenvalue weighted by Gasteiger charge is -2.35. The normalized spacial score (nSPS) is 13.9. The van der Waals surface area contributed by atoms with E-state index in [1.54, 1.807) is 28.0 Å². The summed E-state index contributed by atoms with van der Waals surface area (Å²) >= 11 is 0. The van der Waals surface area contributed by atoms with E-state index in [1.165, 1.54) is 11.6 Å². The van der Waals surface area contributed by atoms with Crippen molar-refractivity contribution in [3.05, 3.63) is 69.8 Å². The van der Waals surface area contributed by atoms with Gasteiger partial charge in [0.15, 0.2) is 0 Å². The molecule has 0 radical (unpaired) electrons. The lowest BCUT2D eigenvalue weighted by Crippen LogP contribution is -2.50. The lowest BCUT2D eigenvalue weighted by molar-refractivity contribution is -0.384. The van der Waals surface area contributed by atoms with Crippen molar-refractivity contribution in [1.82, 2.24) is 9.80 Å². The highest BCUT2D eigenvalue weighted by atomic mass is 16.6. The number of carbonyl (C=O) groups is 2. The maximum atomic E-state index is 12.7. The van der Waals surface area contributed by atoms with Crippen LogP contribution >= 0.6 is 0 Å². The molecule has 1 saturated heterocycles. The minimum Gasteiger partial charge on any atom is -0.379 e. The van der Waals surface area contributed by atoms with Gasteiger partial charge >= 0.3 is 0 Å². The summed E-state index contributed by atoms with van der Waals surface area (Å²) in [5.74, 6) is 0.376. The molecule has 0 saturated carbocycles. The highest BCUT2D eigenvalue weighted by Gasteiger charge is 2.24. The first-order valence-electron chi connectivity index (χ1n) is 10.5. The van der Waals surface area contributed by atoms with Crippen molar-refractivity contribution in [1.29, 1.82) is 0 Å². The second kappa shape index (κ2) is 10.1. The van der Waals surface area contributed by atoms with Crippen LogP contribution in [0.4, 0.5) is 11.4 Å². The zero-order chi connectivity index (χ0) is 22.4. The molecule has 2 aromatic carbocycles. The number of amides is 2. The average molecular weight is 425 g/mol. The van der Waals surface area contributed by atoms with Crippen LogP contribution < -0.4 is 5.32 Å². The molecule has 3 rings (SSSR count). The molecular formula is C23H28N4O4. The zero-order valence-electron chi connectivity index (χ0n) is 17.9. The summed E-state index contributed by atoms with van der Waals surface area (Å²) in [5, 5.41) is 14.0. The second-order valence-electron chi connectivity index (χ2n) is 7.90. The van der Waals surface area contributed by atoms with Crippen molar-refractivity contribution in [2.45, 2.75) is 26.2 Å². The van der Waals surface area contributed by atoms with E-state index in [0.29, 0.717) is 49.9 Å². The molecule has 1 fully saturated rings. The second-order valence-corrected chi connectivity index (χ2v) is 7.90. The predicted molar refractivity (Wildman–Crippen MR) is 119 cm³/mol. The van der Waals surface area contributed by atoms with E-state index < -0.39 is 4.92 Å². The SMILES string of the molecule is CC(C)c1ccc(C(=O)N2CCN(C(=O)CCNc3ccccc3[N+](=O)[O-])CC2)cc1. The highest BCUT2D eigenvalue weighted by molar-refractivity contribution is 5.94. The minimum absolute atomic E-state index is 0.0106. The Hall–Kier alpha value is -3.42. The van der Waals surface area contributed by atoms with E-state index >= 15 is 0 Å². The van der Waals surface area contributed by atoms with E-state index in [4.69, 9.17) is 0 Å². The fourth-order valence-electron chi connectivity index (χ4n) is 3.60. The van der Waals surface area contributed by atoms with Gasteiger partial charge in [0, 0.05) is 50.8 Å². The van der Waals surface area contributed by atoms with Gasteiger partial charge in [0.25, 0.3) is 11.6 Å². The number of nitrogens with one attached hydrogen (secondary N) is 1. The van der Waals surface area contributed by atoms with Gasteiger partial charge in [-0.05, 0) is 29.7 Å². The van der Waals surface area contributed by atoms with Gasteiger partial charge in [-0.3, -0.25) is 19.7 Å². The molecule has 164 valence electrons. The number of hydrogen-bond donors (Lipinski definition) is 1. The van der Waals surface area contributed by atoms with Crippen LogP contribution in [0.5, 0.6) is 0 Å². The summed E-state index contributed by atoms with van der Waals surface area (Å²) in [6, 6.07) is 14.1. The van der Waals surface area contributed by atoms with Gasteiger partial charge in [0.1, 0.15) is 5.69 Å². The topological polar surface area (TPSA) is 95.8 Å². The molecule has 1 heterocycles. The summed E-state index contributed by atoms with van der Waals surface area (Å²) in [7, 11) is 0. The number of hydrogen-bond acceptors (Lipinski definition) is 5. The molecule has 1 aliphatic heterocycles. The quantitative estimate of drug-likeness (QED) is 0.542. The fraction of sp³-hybridized carbons (Fsp3) is 0.391. The number of anilines is 1. The van der Waals surface area contributed by atoms with Crippen LogP contribution in [0.15, 0.2) is 48.5 Å². The lowest BCUT2D eigenvalue weighted by atomic mass is 10.0. The molecule has 8 nitrogen and oxygen atoms in total. The standard InChI is InChI=1S/C23H28N4O4/c1-17(2)18-7-9-19(10-8-18)23(29)26-15-13-25(14-16-26)22(28)11-12-24-20-5-3-4-6-21(20)27(30)31/h3-10,17,24H,11-16H2,1-2H3. The van der Waals surface area contributed by atoms with Crippen molar-refractivity contribution >= 4 is 23.2 Å². The van der Waals surface area contributed by atoms with Gasteiger partial charge in [-0.15, -0.1) is 0 Å². The first-order chi connectivity index (χ1) is 14.9. The van der Waals surface area contributed by atoms with E-state index in [1.807, 2.05) is 24.3 Å². The Labute approximate surface area is 182 Å². The Kier molecular flexibility index (Phi) is 7.23. The molecule has 0 unspecified atom stereocenters. The van der Waals surface area contributed by atoms with Gasteiger partial charge in [0.05, 0.1) is 4.92 Å². The number of nitro groups is 1. The number of carbonyl (C=O) groups excluding carboxylic acids is 2. The third-order valence-corrected chi connectivity index (χ3v) is 5.50. The average Bonchev–Trinajstić information content (AvgIpc) is 2.79. The molecule has 0 spiro atoms. The van der Waals surface area contributed by atoms with Crippen LogP contribution in [-0.2, 0) is 4.79 Å². The Morgan fingerprint density at radius 1 is 1.00 bits per heavy atom. The van der Waals surface area contributed by atoms with Crippen LogP contribution in [0.3, 0.4) is 0 Å². The molecule has 2 amide bonds. The zero-order valence-corrected chi connectivity index (χ0v) is 17.9. The van der Waals surface area contributed by atoms with Crippen LogP contribution in [-0.4, -0.2) is 59.3 Å². The van der Waals surface area contributed by atoms with Gasteiger partial charge in [-0.1, -0.05) is 38.1 Å². The first kappa shape index (κ1) is 22.3. The predicted octanol–water partition coefficient (Wildman–Crippen LogP) is 3.50. The third-order valence-electron chi connectivity index (χ3n) is 5.50. The van der Waals surface area contributed by atoms with Crippen LogP contribution in [0.25, 0.3) is 0 Å². The van der Waals surface area contributed by atoms with Crippen molar-refractivity contribution in [2.24, 2.45) is 0 Å². The van der Waals surface area contributed by atoms with Gasteiger partial charge < -0.3 is 15.1 Å². The smallest absolute Gasteiger partial charge is 0.292 e. The van der Waals surface area contributed by atoms with Gasteiger partial charge in [-0.25, -0.2) is 0 Å². The Bertz CT molecular complexity index is 935. The van der Waals surface area contributed by atoms with Crippen LogP contribution in [0.2, 0.25) is 0 Å². The van der Waals surface area contributed by atoms with E-state index in [-0.39, 0.29) is 23.9 Å². The van der Waals surface area contributed by atoms with Crippen molar-refractivity contribution < 1.29 is 14.5 Å². The molecule has 2 aromatic rings. The molecular weight excluding hydrogens is 396 g/mol. The van der Waals surface area contributed by atoms with Gasteiger partial charge in [-0.2, -0.15) is 0 Å². The van der Waals surface area contributed by atoms with Crippen molar-refractivity contribution in [3.8, 4) is 0 Å². The summed E-state index contributed by atoms with van der Waals surface area (Å²) in [4.78, 5) is 39.4. The number of benzene rings is 2. The van der Waals surface area contributed by atoms with E-state index in [9.17, 15) is 19.7 Å². The molecule has 0 bridgehead atoms. The molecule has 8 heteroatoms. The van der Waals surface area contributed by atoms with Crippen LogP contribution in [0, 0.1) is 10.1 Å². The number of nitro benzene ring substituents is 1. The Morgan fingerprint density at radius 3 is 2.23 bits per heavy atom.